The van der Waals surface area contributed by atoms with Gasteiger partial charge in [-0.15, -0.1) is 0 Å². The molecule has 2 aliphatic rings. The molecule has 0 aliphatic carbocycles. The van der Waals surface area contributed by atoms with Gasteiger partial charge in [0.1, 0.15) is 9.84 Å². The van der Waals surface area contributed by atoms with Crippen molar-refractivity contribution >= 4 is 9.84 Å². The van der Waals surface area contributed by atoms with Crippen LogP contribution in [0, 0.1) is 0 Å². The lowest BCUT2D eigenvalue weighted by Gasteiger charge is -2.44. The molecule has 0 saturated carbocycles. The largest absolute Gasteiger partial charge is 0.381 e. The maximum absolute atomic E-state index is 11.3. The highest BCUT2D eigenvalue weighted by atomic mass is 32.2. The van der Waals surface area contributed by atoms with Gasteiger partial charge in [-0.25, -0.2) is 8.42 Å². The van der Waals surface area contributed by atoms with E-state index >= 15 is 0 Å². The third-order valence-corrected chi connectivity index (χ3v) is 5.08. The lowest BCUT2D eigenvalue weighted by Crippen LogP contribution is -2.52. The Bertz CT molecular complexity index is 384. The van der Waals surface area contributed by atoms with Gasteiger partial charge < -0.3 is 14.8 Å². The first-order valence-corrected chi connectivity index (χ1v) is 9.10. The van der Waals surface area contributed by atoms with Crippen molar-refractivity contribution < 1.29 is 17.9 Å². The maximum atomic E-state index is 11.3. The van der Waals surface area contributed by atoms with Crippen LogP contribution in [0.4, 0.5) is 0 Å². The van der Waals surface area contributed by atoms with Crippen LogP contribution in [0.15, 0.2) is 0 Å². The standard InChI is InChI=1S/C13H25NO4S/c1-11(10-19(2,15)16)14-12-3-6-18-13(9-12)4-7-17-8-5-13/h11-12,14H,3-10H2,1-2H3. The molecular weight excluding hydrogens is 266 g/mol. The van der Waals surface area contributed by atoms with E-state index in [1.165, 1.54) is 6.26 Å². The van der Waals surface area contributed by atoms with Crippen molar-refractivity contribution in [1.82, 2.24) is 5.32 Å². The highest BCUT2D eigenvalue weighted by Crippen LogP contribution is 2.34. The molecule has 6 heteroatoms. The smallest absolute Gasteiger partial charge is 0.148 e. The Balaban J connectivity index is 1.87. The fraction of sp³-hybridized carbons (Fsp3) is 1.00. The third-order valence-electron chi connectivity index (χ3n) is 3.97. The molecule has 1 spiro atoms. The molecule has 2 saturated heterocycles. The summed E-state index contributed by atoms with van der Waals surface area (Å²) in [5.41, 5.74) is -0.0427. The van der Waals surface area contributed by atoms with Gasteiger partial charge in [-0.2, -0.15) is 0 Å². The van der Waals surface area contributed by atoms with E-state index in [4.69, 9.17) is 9.47 Å². The molecule has 0 aromatic heterocycles. The van der Waals surface area contributed by atoms with Crippen LogP contribution in [0.5, 0.6) is 0 Å². The first-order valence-electron chi connectivity index (χ1n) is 7.04. The molecule has 19 heavy (non-hydrogen) atoms. The fourth-order valence-corrected chi connectivity index (χ4v) is 4.17. The molecule has 0 aromatic carbocycles. The van der Waals surface area contributed by atoms with Crippen LogP contribution >= 0.6 is 0 Å². The number of hydrogen-bond acceptors (Lipinski definition) is 5. The topological polar surface area (TPSA) is 64.6 Å². The summed E-state index contributed by atoms with van der Waals surface area (Å²) >= 11 is 0. The lowest BCUT2D eigenvalue weighted by atomic mass is 9.84. The van der Waals surface area contributed by atoms with Crippen molar-refractivity contribution in [2.45, 2.75) is 50.3 Å². The van der Waals surface area contributed by atoms with E-state index < -0.39 is 9.84 Å². The number of ether oxygens (including phenoxy) is 2. The second-order valence-electron chi connectivity index (χ2n) is 5.99. The summed E-state index contributed by atoms with van der Waals surface area (Å²) < 4.78 is 34.0. The average Bonchev–Trinajstić information content (AvgIpc) is 2.27. The summed E-state index contributed by atoms with van der Waals surface area (Å²) in [5.74, 6) is 0.195. The Morgan fingerprint density at radius 2 is 2.00 bits per heavy atom. The van der Waals surface area contributed by atoms with E-state index in [1.807, 2.05) is 6.92 Å². The van der Waals surface area contributed by atoms with Crippen molar-refractivity contribution in [3.05, 3.63) is 0 Å². The molecule has 5 nitrogen and oxygen atoms in total. The summed E-state index contributed by atoms with van der Waals surface area (Å²) in [5, 5.41) is 3.45. The molecule has 2 aliphatic heterocycles. The molecule has 0 bridgehead atoms. The van der Waals surface area contributed by atoms with Crippen molar-refractivity contribution in [2.24, 2.45) is 0 Å². The van der Waals surface area contributed by atoms with Crippen LogP contribution in [-0.2, 0) is 19.3 Å². The minimum absolute atomic E-state index is 0.00464. The van der Waals surface area contributed by atoms with Crippen LogP contribution in [0.2, 0.25) is 0 Å². The van der Waals surface area contributed by atoms with E-state index in [0.29, 0.717) is 6.04 Å². The fourth-order valence-electron chi connectivity index (χ4n) is 3.17. The number of rotatable bonds is 4. The zero-order chi connectivity index (χ0) is 13.9. The second-order valence-corrected chi connectivity index (χ2v) is 8.18. The minimum atomic E-state index is -2.92. The van der Waals surface area contributed by atoms with Gasteiger partial charge in [-0.1, -0.05) is 0 Å². The van der Waals surface area contributed by atoms with E-state index in [9.17, 15) is 8.42 Å². The molecule has 0 radical (unpaired) electrons. The Labute approximate surface area is 116 Å². The molecule has 2 heterocycles. The Morgan fingerprint density at radius 1 is 1.32 bits per heavy atom. The summed E-state index contributed by atoms with van der Waals surface area (Å²) in [6, 6.07) is 0.346. The van der Waals surface area contributed by atoms with Crippen molar-refractivity contribution in [3.63, 3.8) is 0 Å². The maximum Gasteiger partial charge on any atom is 0.148 e. The predicted molar refractivity (Wildman–Crippen MR) is 74.1 cm³/mol. The quantitative estimate of drug-likeness (QED) is 0.827. The average molecular weight is 291 g/mol. The summed E-state index contributed by atoms with van der Waals surface area (Å²) in [7, 11) is -2.92. The van der Waals surface area contributed by atoms with Gasteiger partial charge >= 0.3 is 0 Å². The van der Waals surface area contributed by atoms with E-state index in [-0.39, 0.29) is 17.4 Å². The molecule has 2 unspecified atom stereocenters. The number of nitrogens with one attached hydrogen (secondary N) is 1. The number of hydrogen-bond donors (Lipinski definition) is 1. The van der Waals surface area contributed by atoms with Crippen LogP contribution in [0.1, 0.15) is 32.6 Å². The molecule has 1 N–H and O–H groups in total. The first kappa shape index (κ1) is 15.2. The second kappa shape index (κ2) is 6.08. The van der Waals surface area contributed by atoms with E-state index in [1.54, 1.807) is 0 Å². The van der Waals surface area contributed by atoms with Gasteiger partial charge in [-0.05, 0) is 32.6 Å². The van der Waals surface area contributed by atoms with Gasteiger partial charge in [-0.3, -0.25) is 0 Å². The summed E-state index contributed by atoms with van der Waals surface area (Å²) in [6.45, 7) is 4.23. The monoisotopic (exact) mass is 291 g/mol. The summed E-state index contributed by atoms with van der Waals surface area (Å²) in [6.07, 6.45) is 5.10. The van der Waals surface area contributed by atoms with Crippen LogP contribution in [0.25, 0.3) is 0 Å². The van der Waals surface area contributed by atoms with E-state index in [2.05, 4.69) is 5.32 Å². The first-order chi connectivity index (χ1) is 8.89. The SMILES string of the molecule is CC(CS(C)(=O)=O)NC1CCOC2(CCOCC2)C1. The lowest BCUT2D eigenvalue weighted by molar-refractivity contribution is -0.140. The Hall–Kier alpha value is -0.170. The Kier molecular flexibility index (Phi) is 4.87. The molecule has 112 valence electrons. The minimum Gasteiger partial charge on any atom is -0.381 e. The predicted octanol–water partition coefficient (Wildman–Crippen LogP) is 0.737. The zero-order valence-electron chi connectivity index (χ0n) is 11.9. The Morgan fingerprint density at radius 3 is 2.63 bits per heavy atom. The number of sulfone groups is 1. The van der Waals surface area contributed by atoms with Gasteiger partial charge in [0.05, 0.1) is 11.4 Å². The molecule has 0 amide bonds. The highest BCUT2D eigenvalue weighted by Gasteiger charge is 2.39. The van der Waals surface area contributed by atoms with E-state index in [0.717, 1.165) is 45.5 Å². The highest BCUT2D eigenvalue weighted by molar-refractivity contribution is 7.90. The van der Waals surface area contributed by atoms with Gasteiger partial charge in [0.2, 0.25) is 0 Å². The molecule has 0 aromatic rings. The normalized spacial score (nSPS) is 29.3. The third kappa shape index (κ3) is 4.70. The van der Waals surface area contributed by atoms with Crippen LogP contribution in [-0.4, -0.2) is 57.9 Å². The zero-order valence-corrected chi connectivity index (χ0v) is 12.7. The van der Waals surface area contributed by atoms with Crippen LogP contribution < -0.4 is 5.32 Å². The van der Waals surface area contributed by atoms with Gasteiger partial charge in [0.25, 0.3) is 0 Å². The molecule has 2 fully saturated rings. The van der Waals surface area contributed by atoms with Crippen molar-refractivity contribution in [3.8, 4) is 0 Å². The molecular formula is C13H25NO4S. The van der Waals surface area contributed by atoms with Crippen molar-refractivity contribution in [2.75, 3.05) is 31.8 Å². The van der Waals surface area contributed by atoms with Gasteiger partial charge in [0, 0.05) is 38.2 Å². The van der Waals surface area contributed by atoms with Crippen molar-refractivity contribution in [1.29, 1.82) is 0 Å². The van der Waals surface area contributed by atoms with Gasteiger partial charge in [0.15, 0.2) is 0 Å². The molecule has 2 rings (SSSR count). The summed E-state index contributed by atoms with van der Waals surface area (Å²) in [4.78, 5) is 0. The van der Waals surface area contributed by atoms with Crippen LogP contribution in [0.3, 0.4) is 0 Å². The molecule has 2 atom stereocenters.